The van der Waals surface area contributed by atoms with E-state index >= 15 is 0 Å². The number of benzene rings is 4. The summed E-state index contributed by atoms with van der Waals surface area (Å²) in [6.45, 7) is 1.91. The first-order valence-corrected chi connectivity index (χ1v) is 20.8. The predicted molar refractivity (Wildman–Crippen MR) is 227 cm³/mol. The van der Waals surface area contributed by atoms with Gasteiger partial charge in [0, 0.05) is 36.0 Å². The lowest BCUT2D eigenvalue weighted by Crippen LogP contribution is -2.45. The van der Waals surface area contributed by atoms with Crippen LogP contribution in [0.25, 0.3) is 0 Å². The number of esters is 2. The largest absolute Gasteiger partial charge is 0.497 e. The van der Waals surface area contributed by atoms with Crippen molar-refractivity contribution in [2.24, 2.45) is 0 Å². The van der Waals surface area contributed by atoms with Gasteiger partial charge in [0.1, 0.15) is 11.5 Å². The molecule has 14 heteroatoms. The van der Waals surface area contributed by atoms with Crippen LogP contribution in [0.15, 0.2) is 107 Å². The molecule has 4 aromatic rings. The molecule has 6 rings (SSSR count). The average Bonchev–Trinajstić information content (AvgIpc) is 3.41. The van der Waals surface area contributed by atoms with Crippen LogP contribution in [0, 0.1) is 0 Å². The molecule has 2 heterocycles. The lowest BCUT2D eigenvalue weighted by molar-refractivity contribution is -0.160. The summed E-state index contributed by atoms with van der Waals surface area (Å²) in [5, 5.41) is -1.19. The van der Waals surface area contributed by atoms with Crippen LogP contribution in [0.3, 0.4) is 0 Å². The third-order valence-corrected chi connectivity index (χ3v) is 12.6. The molecule has 0 bridgehead atoms. The van der Waals surface area contributed by atoms with Crippen LogP contribution in [0.1, 0.15) is 34.5 Å². The van der Waals surface area contributed by atoms with E-state index in [0.29, 0.717) is 37.7 Å². The summed E-state index contributed by atoms with van der Waals surface area (Å²) in [5.41, 5.74) is 3.02. The number of likely N-dealkylation sites (N-methyl/N-ethyl adjacent to an activating group) is 2. The highest BCUT2D eigenvalue weighted by atomic mass is 32.2. The number of rotatable bonds is 15. The molecule has 0 saturated heterocycles. The topological polar surface area (TPSA) is 118 Å². The first kappa shape index (κ1) is 42.6. The van der Waals surface area contributed by atoms with Gasteiger partial charge in [0.15, 0.2) is 12.2 Å². The molecule has 0 fully saturated rings. The molecule has 2 amide bonds. The van der Waals surface area contributed by atoms with Crippen LogP contribution >= 0.6 is 23.5 Å². The monoisotopic (exact) mass is 826 g/mol. The van der Waals surface area contributed by atoms with Gasteiger partial charge in [-0.2, -0.15) is 0 Å². The quantitative estimate of drug-likeness (QED) is 0.122. The van der Waals surface area contributed by atoms with Gasteiger partial charge in [-0.25, -0.2) is 0 Å². The molecule has 4 aromatic carbocycles. The first-order chi connectivity index (χ1) is 28.0. The summed E-state index contributed by atoms with van der Waals surface area (Å²) in [4.78, 5) is 65.6. The van der Waals surface area contributed by atoms with Crippen molar-refractivity contribution in [3.63, 3.8) is 0 Å². The van der Waals surface area contributed by atoms with E-state index in [4.69, 9.17) is 18.9 Å². The Morgan fingerprint density at radius 1 is 0.569 bits per heavy atom. The number of anilines is 2. The second-order valence-electron chi connectivity index (χ2n) is 14.5. The Morgan fingerprint density at radius 3 is 1.28 bits per heavy atom. The third kappa shape index (κ3) is 10.2. The summed E-state index contributed by atoms with van der Waals surface area (Å²) < 4.78 is 22.9. The molecule has 0 aliphatic carbocycles. The fraction of sp³-hybridized carbons (Fsp3) is 0.364. The Balaban J connectivity index is 1.24. The summed E-state index contributed by atoms with van der Waals surface area (Å²) in [5.74, 6) is -0.896. The van der Waals surface area contributed by atoms with E-state index in [-0.39, 0.29) is 24.7 Å². The van der Waals surface area contributed by atoms with Crippen molar-refractivity contribution in [1.29, 1.82) is 0 Å². The lowest BCUT2D eigenvalue weighted by atomic mass is 10.0. The molecule has 58 heavy (non-hydrogen) atoms. The number of hydrogen-bond donors (Lipinski definition) is 0. The number of ether oxygens (including phenoxy) is 4. The van der Waals surface area contributed by atoms with Crippen molar-refractivity contribution in [2.75, 3.05) is 78.4 Å². The highest BCUT2D eigenvalue weighted by Crippen LogP contribution is 2.48. The van der Waals surface area contributed by atoms with Crippen LogP contribution in [0.5, 0.6) is 11.5 Å². The Labute approximate surface area is 348 Å². The van der Waals surface area contributed by atoms with E-state index < -0.39 is 34.6 Å². The normalized spacial score (nSPS) is 19.2. The number of carbonyl (C=O) groups excluding carboxylic acids is 4. The van der Waals surface area contributed by atoms with Gasteiger partial charge in [-0.1, -0.05) is 48.5 Å². The highest BCUT2D eigenvalue weighted by molar-refractivity contribution is 8.00. The molecule has 2 aliphatic heterocycles. The van der Waals surface area contributed by atoms with Crippen molar-refractivity contribution in [3.8, 4) is 11.5 Å². The Bertz CT molecular complexity index is 1920. The van der Waals surface area contributed by atoms with Crippen LogP contribution in [-0.2, 0) is 28.7 Å². The maximum absolute atomic E-state index is 14.5. The van der Waals surface area contributed by atoms with Crippen molar-refractivity contribution in [2.45, 2.75) is 45.3 Å². The number of thioether (sulfide) groups is 2. The number of fused-ring (bicyclic) bond motifs is 2. The van der Waals surface area contributed by atoms with Crippen molar-refractivity contribution >= 4 is 58.7 Å². The van der Waals surface area contributed by atoms with Crippen LogP contribution in [0.4, 0.5) is 11.4 Å². The molecular weight excluding hydrogens is 777 g/mol. The number of carbonyl (C=O) groups is 4. The zero-order chi connectivity index (χ0) is 41.3. The maximum atomic E-state index is 14.5. The number of methoxy groups -OCH3 is 2. The molecule has 306 valence electrons. The zero-order valence-electron chi connectivity index (χ0n) is 33.7. The van der Waals surface area contributed by atoms with Gasteiger partial charge in [-0.15, -0.1) is 23.5 Å². The van der Waals surface area contributed by atoms with Gasteiger partial charge < -0.3 is 38.5 Å². The zero-order valence-corrected chi connectivity index (χ0v) is 35.3. The van der Waals surface area contributed by atoms with Gasteiger partial charge in [0.05, 0.1) is 48.9 Å². The van der Waals surface area contributed by atoms with Gasteiger partial charge in [0.25, 0.3) is 11.8 Å². The minimum atomic E-state index is -1.21. The second-order valence-corrected chi connectivity index (χ2v) is 16.8. The molecule has 4 atom stereocenters. The minimum absolute atomic E-state index is 0.362. The van der Waals surface area contributed by atoms with Crippen LogP contribution in [-0.4, -0.2) is 114 Å². The van der Waals surface area contributed by atoms with Gasteiger partial charge >= 0.3 is 11.9 Å². The number of nitrogens with zero attached hydrogens (tertiary/aromatic N) is 4. The molecule has 2 unspecified atom stereocenters. The predicted octanol–water partition coefficient (Wildman–Crippen LogP) is 6.49. The Hall–Kier alpha value is -5.02. The van der Waals surface area contributed by atoms with Crippen LogP contribution in [0.2, 0.25) is 0 Å². The summed E-state index contributed by atoms with van der Waals surface area (Å²) in [6.07, 6.45) is -3.14. The SMILES string of the molecule is COc1ccc(C2Sc3ccccc3N(CCN(C)C)C(=O)C2OC(=O)CCC(=O)O[C@@H]2C(=O)N(CCN(C)C)c3ccccc3S[C@@H]2c2ccc(OC)cc2)cc1. The fourth-order valence-electron chi connectivity index (χ4n) is 6.72. The second kappa shape index (κ2) is 19.6. The van der Waals surface area contributed by atoms with E-state index in [1.807, 2.05) is 135 Å². The number of amides is 2. The molecule has 2 aliphatic rings. The summed E-state index contributed by atoms with van der Waals surface area (Å²) in [7, 11) is 10.9. The van der Waals surface area contributed by atoms with E-state index in [1.54, 1.807) is 24.0 Å². The first-order valence-electron chi connectivity index (χ1n) is 19.1. The van der Waals surface area contributed by atoms with Gasteiger partial charge in [-0.3, -0.25) is 19.2 Å². The van der Waals surface area contributed by atoms with Crippen molar-refractivity contribution in [3.05, 3.63) is 108 Å². The van der Waals surface area contributed by atoms with E-state index in [0.717, 1.165) is 32.3 Å². The van der Waals surface area contributed by atoms with Gasteiger partial charge in [-0.05, 0) is 87.8 Å². The van der Waals surface area contributed by atoms with E-state index in [1.165, 1.54) is 23.5 Å². The molecule has 0 N–H and O–H groups in total. The third-order valence-electron chi connectivity index (χ3n) is 9.87. The summed E-state index contributed by atoms with van der Waals surface area (Å²) in [6, 6.07) is 30.0. The number of hydrogen-bond acceptors (Lipinski definition) is 12. The fourth-order valence-corrected chi connectivity index (χ4v) is 9.36. The standard InChI is InChI=1S/C44H50N4O8S2/c1-45(2)25-27-47-33-11-7-9-13-35(33)57-41(29-15-19-31(53-5)20-16-29)39(43(47)51)55-37(49)23-24-38(50)56-40-42(30-17-21-32(54-6)22-18-30)58-36-14-10-8-12-34(36)48(44(40)52)28-26-46(3)4/h7-22,39-42H,23-28H2,1-6H3/t39-,40?,41+,42?/m0/s1. The van der Waals surface area contributed by atoms with Gasteiger partial charge in [0.2, 0.25) is 0 Å². The Morgan fingerprint density at radius 2 is 0.931 bits per heavy atom. The minimum Gasteiger partial charge on any atom is -0.497 e. The van der Waals surface area contributed by atoms with Crippen molar-refractivity contribution in [1.82, 2.24) is 9.80 Å². The molecular formula is C44H50N4O8S2. The summed E-state index contributed by atoms with van der Waals surface area (Å²) >= 11 is 2.89. The molecule has 12 nitrogen and oxygen atoms in total. The molecule has 0 spiro atoms. The average molecular weight is 827 g/mol. The van der Waals surface area contributed by atoms with Crippen molar-refractivity contribution < 1.29 is 38.1 Å². The number of para-hydroxylation sites is 2. The smallest absolute Gasteiger partial charge is 0.307 e. The Kier molecular flexibility index (Phi) is 14.4. The molecule has 0 radical (unpaired) electrons. The van der Waals surface area contributed by atoms with Crippen LogP contribution < -0.4 is 19.3 Å². The molecule has 0 aromatic heterocycles. The van der Waals surface area contributed by atoms with E-state index in [2.05, 4.69) is 0 Å². The highest BCUT2D eigenvalue weighted by Gasteiger charge is 2.43. The van der Waals surface area contributed by atoms with E-state index in [9.17, 15) is 19.2 Å². The molecule has 0 saturated carbocycles. The lowest BCUT2D eigenvalue weighted by Gasteiger charge is -2.29. The maximum Gasteiger partial charge on any atom is 0.307 e.